The molecule has 114 valence electrons. The van der Waals surface area contributed by atoms with E-state index in [0.29, 0.717) is 12.5 Å². The van der Waals surface area contributed by atoms with Crippen LogP contribution in [0.15, 0.2) is 24.3 Å². The van der Waals surface area contributed by atoms with Crippen LogP contribution in [0.3, 0.4) is 0 Å². The van der Waals surface area contributed by atoms with Gasteiger partial charge >= 0.3 is 0 Å². The molecule has 20 heavy (non-hydrogen) atoms. The molecule has 0 aliphatic heterocycles. The van der Waals surface area contributed by atoms with E-state index in [1.165, 1.54) is 6.07 Å². The first-order valence-electron chi connectivity index (χ1n) is 7.50. The monoisotopic (exact) mass is 281 g/mol. The summed E-state index contributed by atoms with van der Waals surface area (Å²) in [6.07, 6.45) is 3.51. The van der Waals surface area contributed by atoms with Gasteiger partial charge in [-0.05, 0) is 65.0 Å². The number of benzene rings is 1. The number of aliphatic hydroxyl groups is 1. The minimum atomic E-state index is -0.585. The summed E-state index contributed by atoms with van der Waals surface area (Å²) in [7, 11) is 0. The molecule has 2 atom stereocenters. The van der Waals surface area contributed by atoms with E-state index >= 15 is 0 Å². The predicted molar refractivity (Wildman–Crippen MR) is 82.3 cm³/mol. The van der Waals surface area contributed by atoms with Crippen molar-refractivity contribution in [3.63, 3.8) is 0 Å². The van der Waals surface area contributed by atoms with E-state index in [1.807, 2.05) is 26.0 Å². The van der Waals surface area contributed by atoms with Crippen LogP contribution in [0.25, 0.3) is 0 Å². The predicted octanol–water partition coefficient (Wildman–Crippen LogP) is 3.68. The number of halogens is 1. The third-order valence-corrected chi connectivity index (χ3v) is 3.48. The van der Waals surface area contributed by atoms with Gasteiger partial charge in [0, 0.05) is 12.1 Å². The fraction of sp³-hybridized carbons (Fsp3) is 0.647. The lowest BCUT2D eigenvalue weighted by atomic mass is 9.99. The summed E-state index contributed by atoms with van der Waals surface area (Å²) in [5.41, 5.74) is 0.176. The maximum Gasteiger partial charge on any atom is 0.126 e. The van der Waals surface area contributed by atoms with Gasteiger partial charge in [-0.15, -0.1) is 0 Å². The van der Waals surface area contributed by atoms with Crippen molar-refractivity contribution in [1.29, 1.82) is 0 Å². The van der Waals surface area contributed by atoms with E-state index in [9.17, 15) is 9.50 Å². The largest absolute Gasteiger partial charge is 0.390 e. The van der Waals surface area contributed by atoms with Gasteiger partial charge in [0.15, 0.2) is 0 Å². The third kappa shape index (κ3) is 7.01. The van der Waals surface area contributed by atoms with E-state index < -0.39 is 5.60 Å². The van der Waals surface area contributed by atoms with E-state index in [1.54, 1.807) is 6.07 Å². The van der Waals surface area contributed by atoms with Crippen molar-refractivity contribution >= 4 is 0 Å². The van der Waals surface area contributed by atoms with E-state index in [4.69, 9.17) is 0 Å². The molecular weight excluding hydrogens is 253 g/mol. The number of hydrogen-bond acceptors (Lipinski definition) is 2. The van der Waals surface area contributed by atoms with Crippen molar-refractivity contribution in [2.75, 3.05) is 0 Å². The molecule has 0 amide bonds. The first-order chi connectivity index (χ1) is 9.28. The van der Waals surface area contributed by atoms with E-state index in [-0.39, 0.29) is 11.9 Å². The highest BCUT2D eigenvalue weighted by Gasteiger charge is 2.14. The highest BCUT2D eigenvalue weighted by atomic mass is 19.1. The summed E-state index contributed by atoms with van der Waals surface area (Å²) >= 11 is 0. The smallest absolute Gasteiger partial charge is 0.126 e. The van der Waals surface area contributed by atoms with Crippen LogP contribution >= 0.6 is 0 Å². The SMILES string of the molecule is CC(CCCC(C)(C)O)NC(C)Cc1ccccc1F. The normalized spacial score (nSPS) is 15.1. The van der Waals surface area contributed by atoms with E-state index in [2.05, 4.69) is 19.2 Å². The van der Waals surface area contributed by atoms with Gasteiger partial charge in [-0.1, -0.05) is 18.2 Å². The van der Waals surface area contributed by atoms with Gasteiger partial charge in [0.05, 0.1) is 5.60 Å². The Morgan fingerprint density at radius 1 is 1.20 bits per heavy atom. The highest BCUT2D eigenvalue weighted by Crippen LogP contribution is 2.14. The van der Waals surface area contributed by atoms with Gasteiger partial charge in [-0.2, -0.15) is 0 Å². The van der Waals surface area contributed by atoms with Crippen molar-refractivity contribution in [3.8, 4) is 0 Å². The van der Waals surface area contributed by atoms with Crippen molar-refractivity contribution in [1.82, 2.24) is 5.32 Å². The van der Waals surface area contributed by atoms with Crippen LogP contribution in [0, 0.1) is 5.82 Å². The Bertz CT molecular complexity index is 400. The lowest BCUT2D eigenvalue weighted by molar-refractivity contribution is 0.0674. The zero-order valence-corrected chi connectivity index (χ0v) is 13.1. The molecule has 3 heteroatoms. The zero-order chi connectivity index (χ0) is 15.2. The molecule has 0 saturated carbocycles. The molecule has 0 radical (unpaired) electrons. The average molecular weight is 281 g/mol. The molecule has 1 aromatic rings. The fourth-order valence-electron chi connectivity index (χ4n) is 2.46. The van der Waals surface area contributed by atoms with Gasteiger partial charge in [0.25, 0.3) is 0 Å². The van der Waals surface area contributed by atoms with Crippen LogP contribution in [0.2, 0.25) is 0 Å². The first-order valence-corrected chi connectivity index (χ1v) is 7.50. The van der Waals surface area contributed by atoms with Crippen LogP contribution in [-0.2, 0) is 6.42 Å². The summed E-state index contributed by atoms with van der Waals surface area (Å²) in [6, 6.07) is 7.55. The molecule has 2 N–H and O–H groups in total. The van der Waals surface area contributed by atoms with Gasteiger partial charge in [0.2, 0.25) is 0 Å². The zero-order valence-electron chi connectivity index (χ0n) is 13.1. The molecule has 0 aromatic heterocycles. The topological polar surface area (TPSA) is 32.3 Å². The third-order valence-electron chi connectivity index (χ3n) is 3.48. The minimum Gasteiger partial charge on any atom is -0.390 e. The molecule has 2 unspecified atom stereocenters. The van der Waals surface area contributed by atoms with Gasteiger partial charge in [-0.3, -0.25) is 0 Å². The standard InChI is InChI=1S/C17H28FNO/c1-13(8-7-11-17(3,4)20)19-14(2)12-15-9-5-6-10-16(15)18/h5-6,9-10,13-14,19-20H,7-8,11-12H2,1-4H3. The van der Waals surface area contributed by atoms with Crippen molar-refractivity contribution in [3.05, 3.63) is 35.6 Å². The second-order valence-electron chi connectivity index (χ2n) is 6.47. The number of rotatable bonds is 8. The number of nitrogens with one attached hydrogen (secondary N) is 1. The Labute approximate surface area is 122 Å². The van der Waals surface area contributed by atoms with Crippen LogP contribution in [0.1, 0.15) is 52.5 Å². The first kappa shape index (κ1) is 17.1. The molecular formula is C17H28FNO. The molecule has 0 bridgehead atoms. The Hall–Kier alpha value is -0.930. The molecule has 0 saturated heterocycles. The second-order valence-corrected chi connectivity index (χ2v) is 6.47. The van der Waals surface area contributed by atoms with Crippen LogP contribution in [0.5, 0.6) is 0 Å². The maximum absolute atomic E-state index is 13.6. The molecule has 0 fully saturated rings. The molecule has 1 aromatic carbocycles. The summed E-state index contributed by atoms with van der Waals surface area (Å²) < 4.78 is 13.6. The molecule has 2 nitrogen and oxygen atoms in total. The quantitative estimate of drug-likeness (QED) is 0.762. The van der Waals surface area contributed by atoms with E-state index in [0.717, 1.165) is 24.8 Å². The molecule has 0 aliphatic carbocycles. The summed E-state index contributed by atoms with van der Waals surface area (Å²) in [4.78, 5) is 0. The maximum atomic E-state index is 13.6. The Morgan fingerprint density at radius 3 is 2.45 bits per heavy atom. The van der Waals surface area contributed by atoms with Crippen LogP contribution < -0.4 is 5.32 Å². The lowest BCUT2D eigenvalue weighted by Crippen LogP contribution is -2.36. The van der Waals surface area contributed by atoms with Gasteiger partial charge in [-0.25, -0.2) is 4.39 Å². The van der Waals surface area contributed by atoms with Crippen molar-refractivity contribution < 1.29 is 9.50 Å². The van der Waals surface area contributed by atoms with Gasteiger partial charge in [0.1, 0.15) is 5.82 Å². The summed E-state index contributed by atoms with van der Waals surface area (Å²) in [5, 5.41) is 13.2. The molecule has 1 rings (SSSR count). The minimum absolute atomic E-state index is 0.129. The average Bonchev–Trinajstić information content (AvgIpc) is 2.30. The molecule has 0 spiro atoms. The van der Waals surface area contributed by atoms with Crippen LogP contribution in [-0.4, -0.2) is 22.8 Å². The Kier molecular flexibility index (Phi) is 6.63. The Balaban J connectivity index is 2.31. The van der Waals surface area contributed by atoms with Crippen LogP contribution in [0.4, 0.5) is 4.39 Å². The number of hydrogen-bond donors (Lipinski definition) is 2. The van der Waals surface area contributed by atoms with Crippen molar-refractivity contribution in [2.45, 2.75) is 71.1 Å². The molecule has 0 aliphatic rings. The summed E-state index contributed by atoms with van der Waals surface area (Å²) in [6.45, 7) is 7.90. The summed E-state index contributed by atoms with van der Waals surface area (Å²) in [5.74, 6) is -0.129. The lowest BCUT2D eigenvalue weighted by Gasteiger charge is -2.22. The molecule has 0 heterocycles. The highest BCUT2D eigenvalue weighted by molar-refractivity contribution is 5.18. The fourth-order valence-corrected chi connectivity index (χ4v) is 2.46. The van der Waals surface area contributed by atoms with Gasteiger partial charge < -0.3 is 10.4 Å². The van der Waals surface area contributed by atoms with Crippen molar-refractivity contribution in [2.24, 2.45) is 0 Å². The second kappa shape index (κ2) is 7.75. The Morgan fingerprint density at radius 2 is 1.85 bits per heavy atom.